The summed E-state index contributed by atoms with van der Waals surface area (Å²) in [6.07, 6.45) is 1.53. The number of nitrogens with zero attached hydrogens (tertiary/aromatic N) is 3. The van der Waals surface area contributed by atoms with Crippen molar-refractivity contribution in [3.8, 4) is 0 Å². The van der Waals surface area contributed by atoms with Crippen molar-refractivity contribution in [1.29, 1.82) is 0 Å². The van der Waals surface area contributed by atoms with E-state index in [1.807, 2.05) is 5.38 Å². The molecule has 1 N–H and O–H groups in total. The number of thiazole rings is 1. The summed E-state index contributed by atoms with van der Waals surface area (Å²) in [5, 5.41) is 11.5. The van der Waals surface area contributed by atoms with Crippen molar-refractivity contribution in [3.05, 3.63) is 44.0 Å². The van der Waals surface area contributed by atoms with Crippen LogP contribution in [0.2, 0.25) is 0 Å². The lowest BCUT2D eigenvalue weighted by Crippen LogP contribution is -2.28. The Morgan fingerprint density at radius 3 is 2.79 bits per heavy atom. The molecule has 0 aliphatic heterocycles. The lowest BCUT2D eigenvalue weighted by atomic mass is 10.1. The molecule has 0 bridgehead atoms. The molecule has 2 aromatic rings. The fourth-order valence-electron chi connectivity index (χ4n) is 1.90. The lowest BCUT2D eigenvalue weighted by molar-refractivity contribution is -0.136. The number of carboxylic acid groups (broad SMARTS) is 1. The minimum absolute atomic E-state index is 0.136. The predicted molar refractivity (Wildman–Crippen MR) is 70.5 cm³/mol. The van der Waals surface area contributed by atoms with Crippen LogP contribution in [0.1, 0.15) is 22.0 Å². The summed E-state index contributed by atoms with van der Waals surface area (Å²) < 4.78 is 1.46. The van der Waals surface area contributed by atoms with E-state index in [4.69, 9.17) is 5.11 Å². The van der Waals surface area contributed by atoms with Gasteiger partial charge in [0.15, 0.2) is 0 Å². The van der Waals surface area contributed by atoms with Gasteiger partial charge in [-0.25, -0.2) is 9.78 Å². The molecule has 0 aliphatic rings. The molecule has 0 saturated heterocycles. The first-order chi connectivity index (χ1) is 8.99. The molecule has 7 heteroatoms. The van der Waals surface area contributed by atoms with E-state index >= 15 is 0 Å². The highest BCUT2D eigenvalue weighted by atomic mass is 32.1. The number of hydrogen-bond acceptors (Lipinski definition) is 5. The maximum absolute atomic E-state index is 11.9. The van der Waals surface area contributed by atoms with E-state index in [0.29, 0.717) is 23.5 Å². The Hall–Kier alpha value is -2.02. The standard InChI is InChI=1S/C12H13N3O3S/c1-7-9(5-11(16)17)8(2)15(12(18)14-7)6-10-13-3-4-19-10/h3-4H,5-6H2,1-2H3,(H,16,17). The van der Waals surface area contributed by atoms with Gasteiger partial charge < -0.3 is 5.11 Å². The second kappa shape index (κ2) is 5.31. The van der Waals surface area contributed by atoms with E-state index in [-0.39, 0.29) is 12.1 Å². The van der Waals surface area contributed by atoms with Crippen LogP contribution in [0, 0.1) is 13.8 Å². The van der Waals surface area contributed by atoms with Gasteiger partial charge in [-0.15, -0.1) is 11.3 Å². The Balaban J connectivity index is 2.48. The molecule has 2 rings (SSSR count). The quantitative estimate of drug-likeness (QED) is 0.902. The number of aryl methyl sites for hydroxylation is 1. The highest BCUT2D eigenvalue weighted by Gasteiger charge is 2.14. The lowest BCUT2D eigenvalue weighted by Gasteiger charge is -2.13. The zero-order chi connectivity index (χ0) is 14.0. The summed E-state index contributed by atoms with van der Waals surface area (Å²) in [5.41, 5.74) is 1.32. The molecule has 6 nitrogen and oxygen atoms in total. The van der Waals surface area contributed by atoms with Crippen LogP contribution in [-0.2, 0) is 17.8 Å². The molecule has 0 unspecified atom stereocenters. The summed E-state index contributed by atoms with van der Waals surface area (Å²) in [6, 6.07) is 0. The molecule has 0 amide bonds. The minimum atomic E-state index is -0.938. The van der Waals surface area contributed by atoms with Gasteiger partial charge in [-0.05, 0) is 13.8 Å². The van der Waals surface area contributed by atoms with E-state index in [2.05, 4.69) is 9.97 Å². The van der Waals surface area contributed by atoms with E-state index in [1.165, 1.54) is 15.9 Å². The average Bonchev–Trinajstić information content (AvgIpc) is 2.82. The molecule has 0 radical (unpaired) electrons. The Morgan fingerprint density at radius 2 is 2.21 bits per heavy atom. The van der Waals surface area contributed by atoms with E-state index in [9.17, 15) is 9.59 Å². The number of rotatable bonds is 4. The molecular formula is C12H13N3O3S. The molecule has 0 fully saturated rings. The summed E-state index contributed by atoms with van der Waals surface area (Å²) in [4.78, 5) is 30.8. The fourth-order valence-corrected chi connectivity index (χ4v) is 2.50. The first kappa shape index (κ1) is 13.4. The Kier molecular flexibility index (Phi) is 3.75. The van der Waals surface area contributed by atoms with Gasteiger partial charge in [0.05, 0.1) is 13.0 Å². The average molecular weight is 279 g/mol. The number of carbonyl (C=O) groups is 1. The summed E-state index contributed by atoms with van der Waals surface area (Å²) in [7, 11) is 0. The molecular weight excluding hydrogens is 266 g/mol. The van der Waals surface area contributed by atoms with Gasteiger partial charge in [0.2, 0.25) is 0 Å². The highest BCUT2D eigenvalue weighted by Crippen LogP contribution is 2.13. The fraction of sp³-hybridized carbons (Fsp3) is 0.333. The maximum atomic E-state index is 11.9. The van der Waals surface area contributed by atoms with Gasteiger partial charge in [0.1, 0.15) is 5.01 Å². The third-order valence-corrected chi connectivity index (χ3v) is 3.64. The van der Waals surface area contributed by atoms with Crippen LogP contribution in [0.3, 0.4) is 0 Å². The van der Waals surface area contributed by atoms with Crippen LogP contribution < -0.4 is 5.69 Å². The van der Waals surface area contributed by atoms with Gasteiger partial charge in [0, 0.05) is 28.5 Å². The second-order valence-electron chi connectivity index (χ2n) is 4.13. The van der Waals surface area contributed by atoms with Crippen LogP contribution >= 0.6 is 11.3 Å². The number of carboxylic acids is 1. The van der Waals surface area contributed by atoms with Crippen molar-refractivity contribution in [3.63, 3.8) is 0 Å². The zero-order valence-electron chi connectivity index (χ0n) is 10.6. The van der Waals surface area contributed by atoms with Crippen molar-refractivity contribution in [2.24, 2.45) is 0 Å². The first-order valence-corrected chi connectivity index (χ1v) is 6.54. The largest absolute Gasteiger partial charge is 0.481 e. The van der Waals surface area contributed by atoms with Crippen molar-refractivity contribution in [2.75, 3.05) is 0 Å². The topological polar surface area (TPSA) is 85.1 Å². The van der Waals surface area contributed by atoms with Crippen LogP contribution in [0.4, 0.5) is 0 Å². The van der Waals surface area contributed by atoms with Crippen molar-refractivity contribution >= 4 is 17.3 Å². The van der Waals surface area contributed by atoms with E-state index in [1.54, 1.807) is 20.0 Å². The van der Waals surface area contributed by atoms with Gasteiger partial charge in [0.25, 0.3) is 0 Å². The van der Waals surface area contributed by atoms with Crippen LogP contribution in [0.15, 0.2) is 16.4 Å². The predicted octanol–water partition coefficient (Wildman–Crippen LogP) is 0.992. The van der Waals surface area contributed by atoms with Crippen LogP contribution in [0.25, 0.3) is 0 Å². The summed E-state index contributed by atoms with van der Waals surface area (Å²) in [5.74, 6) is -0.938. The Labute approximate surface area is 113 Å². The summed E-state index contributed by atoms with van der Waals surface area (Å²) in [6.45, 7) is 3.71. The molecule has 19 heavy (non-hydrogen) atoms. The minimum Gasteiger partial charge on any atom is -0.481 e. The molecule has 0 spiro atoms. The van der Waals surface area contributed by atoms with E-state index < -0.39 is 5.97 Å². The molecule has 2 heterocycles. The van der Waals surface area contributed by atoms with Crippen molar-refractivity contribution in [1.82, 2.24) is 14.5 Å². The highest BCUT2D eigenvalue weighted by molar-refractivity contribution is 7.09. The first-order valence-electron chi connectivity index (χ1n) is 5.66. The van der Waals surface area contributed by atoms with Crippen LogP contribution in [-0.4, -0.2) is 25.6 Å². The van der Waals surface area contributed by atoms with Gasteiger partial charge in [-0.1, -0.05) is 0 Å². The molecule has 2 aromatic heterocycles. The second-order valence-corrected chi connectivity index (χ2v) is 5.11. The molecule has 0 aromatic carbocycles. The third kappa shape index (κ3) is 2.87. The number of aromatic nitrogens is 3. The van der Waals surface area contributed by atoms with E-state index in [0.717, 1.165) is 5.01 Å². The Morgan fingerprint density at radius 1 is 1.47 bits per heavy atom. The monoisotopic (exact) mass is 279 g/mol. The Bertz CT molecular complexity index is 662. The third-order valence-electron chi connectivity index (χ3n) is 2.88. The normalized spacial score (nSPS) is 10.6. The van der Waals surface area contributed by atoms with Crippen molar-refractivity contribution in [2.45, 2.75) is 26.8 Å². The SMILES string of the molecule is Cc1nc(=O)n(Cc2nccs2)c(C)c1CC(=O)O. The number of aliphatic carboxylic acids is 1. The summed E-state index contributed by atoms with van der Waals surface area (Å²) >= 11 is 1.44. The van der Waals surface area contributed by atoms with Crippen LogP contribution in [0.5, 0.6) is 0 Å². The maximum Gasteiger partial charge on any atom is 0.348 e. The van der Waals surface area contributed by atoms with Gasteiger partial charge in [-0.2, -0.15) is 4.98 Å². The van der Waals surface area contributed by atoms with Crippen molar-refractivity contribution < 1.29 is 9.90 Å². The zero-order valence-corrected chi connectivity index (χ0v) is 11.4. The van der Waals surface area contributed by atoms with Gasteiger partial charge in [-0.3, -0.25) is 9.36 Å². The molecule has 100 valence electrons. The smallest absolute Gasteiger partial charge is 0.348 e. The number of hydrogen-bond donors (Lipinski definition) is 1. The molecule has 0 aliphatic carbocycles. The molecule has 0 atom stereocenters. The van der Waals surface area contributed by atoms with Gasteiger partial charge >= 0.3 is 11.7 Å². The molecule has 0 saturated carbocycles.